The third kappa shape index (κ3) is 3.23. The number of amides is 2. The Kier molecular flexibility index (Phi) is 3.93. The molecule has 3 aromatic heterocycles. The molecular formula is C17H19N7O. The van der Waals surface area contributed by atoms with Gasteiger partial charge in [-0.25, -0.2) is 14.8 Å². The van der Waals surface area contributed by atoms with Crippen molar-refractivity contribution in [2.45, 2.75) is 19.4 Å². The Morgan fingerprint density at radius 2 is 2.28 bits per heavy atom. The lowest BCUT2D eigenvalue weighted by Crippen LogP contribution is -2.39. The fraction of sp³-hybridized carbons (Fsp3) is 0.294. The van der Waals surface area contributed by atoms with Crippen molar-refractivity contribution in [1.82, 2.24) is 25.5 Å². The Bertz CT molecular complexity index is 892. The molecule has 0 bridgehead atoms. The van der Waals surface area contributed by atoms with E-state index in [0.29, 0.717) is 11.3 Å². The van der Waals surface area contributed by atoms with E-state index in [9.17, 15) is 4.79 Å². The van der Waals surface area contributed by atoms with Gasteiger partial charge in [0.15, 0.2) is 5.65 Å². The van der Waals surface area contributed by atoms with Crippen LogP contribution in [0.3, 0.4) is 0 Å². The summed E-state index contributed by atoms with van der Waals surface area (Å²) in [6, 6.07) is 7.59. The lowest BCUT2D eigenvalue weighted by atomic mass is 10.2. The molecular weight excluding hydrogens is 318 g/mol. The second-order valence-electron chi connectivity index (χ2n) is 6.16. The average molecular weight is 337 g/mol. The Labute approximate surface area is 144 Å². The number of pyridine rings is 2. The number of anilines is 2. The Balaban J connectivity index is 1.36. The zero-order valence-corrected chi connectivity index (χ0v) is 13.9. The highest BCUT2D eigenvalue weighted by atomic mass is 16.2. The SMILES string of the molecule is Cc1[nH]nc2ncc(NC(=O)N[C@H]3CCN(c4ccccn4)C3)cc12. The molecule has 8 heteroatoms. The van der Waals surface area contributed by atoms with Gasteiger partial charge in [0.25, 0.3) is 0 Å². The van der Waals surface area contributed by atoms with E-state index in [1.165, 1.54) is 0 Å². The van der Waals surface area contributed by atoms with E-state index in [-0.39, 0.29) is 12.1 Å². The van der Waals surface area contributed by atoms with Gasteiger partial charge in [0, 0.05) is 36.4 Å². The van der Waals surface area contributed by atoms with E-state index in [0.717, 1.165) is 36.4 Å². The fourth-order valence-corrected chi connectivity index (χ4v) is 3.07. The molecule has 1 aliphatic rings. The second kappa shape index (κ2) is 6.39. The van der Waals surface area contributed by atoms with Gasteiger partial charge in [0.1, 0.15) is 5.82 Å². The molecule has 2 amide bonds. The molecule has 0 spiro atoms. The van der Waals surface area contributed by atoms with Gasteiger partial charge in [-0.1, -0.05) is 6.07 Å². The Morgan fingerprint density at radius 1 is 1.36 bits per heavy atom. The predicted molar refractivity (Wildman–Crippen MR) is 95.6 cm³/mol. The van der Waals surface area contributed by atoms with Gasteiger partial charge in [-0.3, -0.25) is 5.10 Å². The number of carbonyl (C=O) groups excluding carboxylic acids is 1. The van der Waals surface area contributed by atoms with Gasteiger partial charge in [-0.2, -0.15) is 5.10 Å². The van der Waals surface area contributed by atoms with Gasteiger partial charge in [-0.15, -0.1) is 0 Å². The number of aromatic amines is 1. The van der Waals surface area contributed by atoms with Gasteiger partial charge in [0.05, 0.1) is 11.9 Å². The number of H-pyrrole nitrogens is 1. The molecule has 0 saturated carbocycles. The lowest BCUT2D eigenvalue weighted by Gasteiger charge is -2.17. The summed E-state index contributed by atoms with van der Waals surface area (Å²) in [5, 5.41) is 13.7. The number of hydrogen-bond donors (Lipinski definition) is 3. The van der Waals surface area contributed by atoms with Crippen molar-refractivity contribution >= 4 is 28.6 Å². The highest BCUT2D eigenvalue weighted by Crippen LogP contribution is 2.19. The molecule has 1 fully saturated rings. The maximum Gasteiger partial charge on any atom is 0.319 e. The van der Waals surface area contributed by atoms with Crippen LogP contribution in [0.2, 0.25) is 0 Å². The first kappa shape index (κ1) is 15.4. The molecule has 3 aromatic rings. The monoisotopic (exact) mass is 337 g/mol. The van der Waals surface area contributed by atoms with Gasteiger partial charge in [-0.05, 0) is 31.5 Å². The van der Waals surface area contributed by atoms with Crippen molar-refractivity contribution in [3.8, 4) is 0 Å². The van der Waals surface area contributed by atoms with Crippen LogP contribution >= 0.6 is 0 Å². The largest absolute Gasteiger partial charge is 0.354 e. The molecule has 0 aliphatic carbocycles. The van der Waals surface area contributed by atoms with Crippen LogP contribution < -0.4 is 15.5 Å². The smallest absolute Gasteiger partial charge is 0.319 e. The number of urea groups is 1. The number of nitrogens with zero attached hydrogens (tertiary/aromatic N) is 4. The average Bonchev–Trinajstić information content (AvgIpc) is 3.23. The van der Waals surface area contributed by atoms with E-state index in [2.05, 4.69) is 35.7 Å². The number of aromatic nitrogens is 4. The molecule has 128 valence electrons. The summed E-state index contributed by atoms with van der Waals surface area (Å²) in [6.07, 6.45) is 4.28. The number of hydrogen-bond acceptors (Lipinski definition) is 5. The van der Waals surface area contributed by atoms with Crippen LogP contribution in [0.15, 0.2) is 36.7 Å². The lowest BCUT2D eigenvalue weighted by molar-refractivity contribution is 0.249. The van der Waals surface area contributed by atoms with Gasteiger partial charge < -0.3 is 15.5 Å². The van der Waals surface area contributed by atoms with Gasteiger partial charge >= 0.3 is 6.03 Å². The maximum absolute atomic E-state index is 12.3. The summed E-state index contributed by atoms with van der Waals surface area (Å²) >= 11 is 0. The third-order valence-corrected chi connectivity index (χ3v) is 4.35. The topological polar surface area (TPSA) is 98.8 Å². The number of fused-ring (bicyclic) bond motifs is 1. The standard InChI is InChI=1S/C17H19N7O/c1-11-14-8-13(9-19-16(14)23-22-11)21-17(25)20-12-5-7-24(10-12)15-4-2-3-6-18-15/h2-4,6,8-9,12H,5,7,10H2,1H3,(H,19,22,23)(H2,20,21,25)/t12-/m0/s1. The van der Waals surface area contributed by atoms with Crippen molar-refractivity contribution in [2.75, 3.05) is 23.3 Å². The summed E-state index contributed by atoms with van der Waals surface area (Å²) < 4.78 is 0. The Hall–Kier alpha value is -3.16. The highest BCUT2D eigenvalue weighted by molar-refractivity contribution is 5.92. The minimum absolute atomic E-state index is 0.0920. The number of nitrogens with one attached hydrogen (secondary N) is 3. The summed E-state index contributed by atoms with van der Waals surface area (Å²) in [7, 11) is 0. The molecule has 3 N–H and O–H groups in total. The normalized spacial score (nSPS) is 17.0. The molecule has 1 atom stereocenters. The van der Waals surface area contributed by atoms with Crippen LogP contribution in [0.4, 0.5) is 16.3 Å². The van der Waals surface area contributed by atoms with Crippen molar-refractivity contribution in [3.05, 3.63) is 42.4 Å². The second-order valence-corrected chi connectivity index (χ2v) is 6.16. The predicted octanol–water partition coefficient (Wildman–Crippen LogP) is 2.06. The van der Waals surface area contributed by atoms with Crippen LogP contribution in [0, 0.1) is 6.92 Å². The minimum Gasteiger partial charge on any atom is -0.354 e. The first-order chi connectivity index (χ1) is 12.2. The summed E-state index contributed by atoms with van der Waals surface area (Å²) in [4.78, 5) is 23.0. The van der Waals surface area contributed by atoms with Crippen LogP contribution in [0.5, 0.6) is 0 Å². The zero-order chi connectivity index (χ0) is 17.2. The molecule has 0 aromatic carbocycles. The first-order valence-corrected chi connectivity index (χ1v) is 8.23. The van der Waals surface area contributed by atoms with E-state index >= 15 is 0 Å². The van der Waals surface area contributed by atoms with Crippen molar-refractivity contribution in [3.63, 3.8) is 0 Å². The van der Waals surface area contributed by atoms with Gasteiger partial charge in [0.2, 0.25) is 0 Å². The highest BCUT2D eigenvalue weighted by Gasteiger charge is 2.24. The summed E-state index contributed by atoms with van der Waals surface area (Å²) in [5.74, 6) is 0.942. The quantitative estimate of drug-likeness (QED) is 0.679. The summed E-state index contributed by atoms with van der Waals surface area (Å²) in [6.45, 7) is 3.55. The minimum atomic E-state index is -0.227. The molecule has 0 unspecified atom stereocenters. The van der Waals surface area contributed by atoms with E-state index < -0.39 is 0 Å². The molecule has 25 heavy (non-hydrogen) atoms. The number of rotatable bonds is 3. The first-order valence-electron chi connectivity index (χ1n) is 8.23. The molecule has 8 nitrogen and oxygen atoms in total. The molecule has 1 aliphatic heterocycles. The third-order valence-electron chi connectivity index (χ3n) is 4.35. The van der Waals surface area contributed by atoms with E-state index in [1.807, 2.05) is 31.2 Å². The Morgan fingerprint density at radius 3 is 3.12 bits per heavy atom. The van der Waals surface area contributed by atoms with Crippen molar-refractivity contribution in [2.24, 2.45) is 0 Å². The maximum atomic E-state index is 12.3. The van der Waals surface area contributed by atoms with E-state index in [1.54, 1.807) is 12.4 Å². The molecule has 4 heterocycles. The van der Waals surface area contributed by atoms with Crippen molar-refractivity contribution in [1.29, 1.82) is 0 Å². The number of aryl methyl sites for hydroxylation is 1. The van der Waals surface area contributed by atoms with Crippen molar-refractivity contribution < 1.29 is 4.79 Å². The molecule has 1 saturated heterocycles. The van der Waals surface area contributed by atoms with Crippen LogP contribution in [0.1, 0.15) is 12.1 Å². The zero-order valence-electron chi connectivity index (χ0n) is 13.9. The van der Waals surface area contributed by atoms with Crippen LogP contribution in [-0.4, -0.2) is 45.3 Å². The molecule has 0 radical (unpaired) electrons. The molecule has 4 rings (SSSR count). The summed E-state index contributed by atoms with van der Waals surface area (Å²) in [5.41, 5.74) is 2.22. The number of carbonyl (C=O) groups is 1. The van der Waals surface area contributed by atoms with E-state index in [4.69, 9.17) is 0 Å². The fourth-order valence-electron chi connectivity index (χ4n) is 3.07. The van der Waals surface area contributed by atoms with Crippen LogP contribution in [-0.2, 0) is 0 Å². The van der Waals surface area contributed by atoms with Crippen LogP contribution in [0.25, 0.3) is 11.0 Å².